The summed E-state index contributed by atoms with van der Waals surface area (Å²) in [5.74, 6) is 1.45. The molecule has 0 N–H and O–H groups in total. The Morgan fingerprint density at radius 3 is 2.65 bits per heavy atom. The van der Waals surface area contributed by atoms with Crippen molar-refractivity contribution in [2.24, 2.45) is 11.8 Å². The molecule has 1 atom stereocenters. The first-order valence-corrected chi connectivity index (χ1v) is 6.99. The Morgan fingerprint density at radius 1 is 1.24 bits per heavy atom. The fourth-order valence-corrected chi connectivity index (χ4v) is 2.10. The number of hydrogen-bond donors (Lipinski definition) is 0. The molecular weight excluding hydrogens is 214 g/mol. The van der Waals surface area contributed by atoms with E-state index in [1.165, 1.54) is 6.54 Å². The lowest BCUT2D eigenvalue weighted by Crippen LogP contribution is -2.45. The molecule has 1 aliphatic heterocycles. The zero-order chi connectivity index (χ0) is 12.7. The summed E-state index contributed by atoms with van der Waals surface area (Å²) >= 11 is 0. The Hall–Kier alpha value is -0.120. The highest BCUT2D eigenvalue weighted by Crippen LogP contribution is 2.09. The second kappa shape index (κ2) is 8.06. The largest absolute Gasteiger partial charge is 0.379 e. The Labute approximate surface area is 106 Å². The van der Waals surface area contributed by atoms with E-state index in [4.69, 9.17) is 9.47 Å². The van der Waals surface area contributed by atoms with Crippen molar-refractivity contribution in [1.29, 1.82) is 0 Å². The van der Waals surface area contributed by atoms with Crippen LogP contribution < -0.4 is 0 Å². The lowest BCUT2D eigenvalue weighted by atomic mass is 10.1. The van der Waals surface area contributed by atoms with E-state index in [0.717, 1.165) is 51.2 Å². The van der Waals surface area contributed by atoms with Crippen molar-refractivity contribution in [2.45, 2.75) is 40.2 Å². The van der Waals surface area contributed by atoms with Gasteiger partial charge in [0.05, 0.1) is 19.3 Å². The lowest BCUT2D eigenvalue weighted by Gasteiger charge is -2.33. The van der Waals surface area contributed by atoms with Gasteiger partial charge in [-0.3, -0.25) is 4.90 Å². The zero-order valence-electron chi connectivity index (χ0n) is 11.9. The van der Waals surface area contributed by atoms with E-state index in [1.807, 2.05) is 0 Å². The molecule has 3 nitrogen and oxygen atoms in total. The first-order chi connectivity index (χ1) is 8.08. The summed E-state index contributed by atoms with van der Waals surface area (Å²) in [4.78, 5) is 2.49. The van der Waals surface area contributed by atoms with Crippen molar-refractivity contribution in [3.63, 3.8) is 0 Å². The second-order valence-corrected chi connectivity index (χ2v) is 5.90. The van der Waals surface area contributed by atoms with Crippen LogP contribution in [-0.4, -0.2) is 50.5 Å². The van der Waals surface area contributed by atoms with Crippen molar-refractivity contribution < 1.29 is 9.47 Å². The molecule has 0 aromatic heterocycles. The third-order valence-corrected chi connectivity index (χ3v) is 2.99. The van der Waals surface area contributed by atoms with Crippen molar-refractivity contribution >= 4 is 0 Å². The summed E-state index contributed by atoms with van der Waals surface area (Å²) in [6, 6.07) is 0. The van der Waals surface area contributed by atoms with Crippen molar-refractivity contribution in [1.82, 2.24) is 4.90 Å². The molecular formula is C14H29NO2. The smallest absolute Gasteiger partial charge is 0.0935 e. The van der Waals surface area contributed by atoms with Crippen LogP contribution in [0.2, 0.25) is 0 Å². The van der Waals surface area contributed by atoms with E-state index in [9.17, 15) is 0 Å². The van der Waals surface area contributed by atoms with E-state index in [1.54, 1.807) is 0 Å². The Bertz CT molecular complexity index is 195. The fourth-order valence-electron chi connectivity index (χ4n) is 2.10. The summed E-state index contributed by atoms with van der Waals surface area (Å²) in [6.07, 6.45) is 1.41. The van der Waals surface area contributed by atoms with Crippen LogP contribution in [0, 0.1) is 11.8 Å². The molecule has 102 valence electrons. The number of morpholine rings is 1. The average molecular weight is 243 g/mol. The molecule has 1 rings (SSSR count). The predicted octanol–water partition coefficient (Wildman–Crippen LogP) is 2.41. The normalized spacial score (nSPS) is 22.6. The van der Waals surface area contributed by atoms with Gasteiger partial charge in [0, 0.05) is 26.2 Å². The molecule has 1 aliphatic rings. The van der Waals surface area contributed by atoms with Crippen molar-refractivity contribution in [3.05, 3.63) is 0 Å². The van der Waals surface area contributed by atoms with Gasteiger partial charge in [-0.1, -0.05) is 27.7 Å². The zero-order valence-corrected chi connectivity index (χ0v) is 11.9. The first-order valence-electron chi connectivity index (χ1n) is 6.99. The maximum Gasteiger partial charge on any atom is 0.0935 e. The molecule has 0 bridgehead atoms. The second-order valence-electron chi connectivity index (χ2n) is 5.90. The van der Waals surface area contributed by atoms with Gasteiger partial charge in [0.1, 0.15) is 0 Å². The summed E-state index contributed by atoms with van der Waals surface area (Å²) in [5, 5.41) is 0. The molecule has 0 aromatic carbocycles. The molecule has 0 aromatic rings. The molecule has 0 amide bonds. The van der Waals surface area contributed by atoms with Gasteiger partial charge in [-0.25, -0.2) is 0 Å². The standard InChI is InChI=1S/C14H29NO2/c1-12(2)5-7-16-11-14-10-15(6-8-17-14)9-13(3)4/h12-14H,5-11H2,1-4H3/t14-/m0/s1. The number of hydrogen-bond acceptors (Lipinski definition) is 3. The van der Waals surface area contributed by atoms with E-state index in [2.05, 4.69) is 32.6 Å². The van der Waals surface area contributed by atoms with Gasteiger partial charge in [-0.15, -0.1) is 0 Å². The van der Waals surface area contributed by atoms with Gasteiger partial charge in [-0.05, 0) is 18.3 Å². The summed E-state index contributed by atoms with van der Waals surface area (Å²) in [7, 11) is 0. The highest BCUT2D eigenvalue weighted by molar-refractivity contribution is 4.72. The Morgan fingerprint density at radius 2 is 2.00 bits per heavy atom. The van der Waals surface area contributed by atoms with E-state index < -0.39 is 0 Å². The van der Waals surface area contributed by atoms with Crippen LogP contribution >= 0.6 is 0 Å². The predicted molar refractivity (Wildman–Crippen MR) is 71.3 cm³/mol. The Balaban J connectivity index is 2.12. The van der Waals surface area contributed by atoms with E-state index in [-0.39, 0.29) is 6.10 Å². The fraction of sp³-hybridized carbons (Fsp3) is 1.00. The van der Waals surface area contributed by atoms with Crippen LogP contribution in [0.5, 0.6) is 0 Å². The van der Waals surface area contributed by atoms with Crippen molar-refractivity contribution in [2.75, 3.05) is 39.5 Å². The van der Waals surface area contributed by atoms with Crippen LogP contribution in [0.1, 0.15) is 34.1 Å². The van der Waals surface area contributed by atoms with Crippen LogP contribution in [0.3, 0.4) is 0 Å². The molecule has 0 radical (unpaired) electrons. The van der Waals surface area contributed by atoms with Crippen LogP contribution in [0.4, 0.5) is 0 Å². The van der Waals surface area contributed by atoms with Crippen LogP contribution in [0.25, 0.3) is 0 Å². The molecule has 0 aliphatic carbocycles. The molecule has 3 heteroatoms. The third kappa shape index (κ3) is 7.02. The third-order valence-electron chi connectivity index (χ3n) is 2.99. The summed E-state index contributed by atoms with van der Waals surface area (Å²) in [6.45, 7) is 14.7. The van der Waals surface area contributed by atoms with Crippen LogP contribution in [-0.2, 0) is 9.47 Å². The summed E-state index contributed by atoms with van der Waals surface area (Å²) in [5.41, 5.74) is 0. The number of rotatable bonds is 7. The molecule has 1 saturated heterocycles. The molecule has 17 heavy (non-hydrogen) atoms. The number of nitrogens with zero attached hydrogens (tertiary/aromatic N) is 1. The number of ether oxygens (including phenoxy) is 2. The maximum atomic E-state index is 5.73. The van der Waals surface area contributed by atoms with E-state index >= 15 is 0 Å². The van der Waals surface area contributed by atoms with Crippen LogP contribution in [0.15, 0.2) is 0 Å². The first kappa shape index (κ1) is 14.9. The maximum absolute atomic E-state index is 5.73. The molecule has 1 fully saturated rings. The molecule has 0 unspecified atom stereocenters. The van der Waals surface area contributed by atoms with Gasteiger partial charge < -0.3 is 9.47 Å². The van der Waals surface area contributed by atoms with Gasteiger partial charge in [-0.2, -0.15) is 0 Å². The van der Waals surface area contributed by atoms with Gasteiger partial charge in [0.2, 0.25) is 0 Å². The van der Waals surface area contributed by atoms with E-state index in [0.29, 0.717) is 0 Å². The highest BCUT2D eigenvalue weighted by Gasteiger charge is 2.20. The monoisotopic (exact) mass is 243 g/mol. The Kier molecular flexibility index (Phi) is 7.09. The topological polar surface area (TPSA) is 21.7 Å². The van der Waals surface area contributed by atoms with Gasteiger partial charge in [0.25, 0.3) is 0 Å². The molecule has 0 saturated carbocycles. The quantitative estimate of drug-likeness (QED) is 0.641. The molecule has 1 heterocycles. The minimum Gasteiger partial charge on any atom is -0.379 e. The highest BCUT2D eigenvalue weighted by atomic mass is 16.5. The summed E-state index contributed by atoms with van der Waals surface area (Å²) < 4.78 is 11.4. The minimum atomic E-state index is 0.273. The van der Waals surface area contributed by atoms with Crippen molar-refractivity contribution in [3.8, 4) is 0 Å². The minimum absolute atomic E-state index is 0.273. The van der Waals surface area contributed by atoms with Gasteiger partial charge in [0.15, 0.2) is 0 Å². The molecule has 0 spiro atoms. The average Bonchev–Trinajstić information content (AvgIpc) is 2.24. The SMILES string of the molecule is CC(C)CCOC[C@@H]1CN(CC(C)C)CCO1. The van der Waals surface area contributed by atoms with Gasteiger partial charge >= 0.3 is 0 Å². The lowest BCUT2D eigenvalue weighted by molar-refractivity contribution is -0.0719.